The zero-order chi connectivity index (χ0) is 30.7. The summed E-state index contributed by atoms with van der Waals surface area (Å²) in [5.41, 5.74) is 11.7. The summed E-state index contributed by atoms with van der Waals surface area (Å²) in [6.07, 6.45) is 1.35. The van der Waals surface area contributed by atoms with Crippen molar-refractivity contribution in [1.29, 1.82) is 5.41 Å². The molecule has 0 saturated carbocycles. The fourth-order valence-corrected chi connectivity index (χ4v) is 4.10. The van der Waals surface area contributed by atoms with Crippen molar-refractivity contribution in [3.63, 3.8) is 0 Å². The zero-order valence-corrected chi connectivity index (χ0v) is 22.6. The molecule has 1 aromatic carbocycles. The van der Waals surface area contributed by atoms with E-state index in [2.05, 4.69) is 16.0 Å². The Hall–Kier alpha value is -4.50. The number of aliphatic carboxylic acids is 1. The third-order valence-electron chi connectivity index (χ3n) is 6.44. The number of hydrogen-bond donors (Lipinski definition) is 9. The fourth-order valence-electron chi connectivity index (χ4n) is 4.10. The van der Waals surface area contributed by atoms with Crippen molar-refractivity contribution in [2.45, 2.75) is 56.8 Å². The molecule has 41 heavy (non-hydrogen) atoms. The number of aliphatic hydroxyl groups is 1. The molecule has 0 bridgehead atoms. The van der Waals surface area contributed by atoms with Gasteiger partial charge >= 0.3 is 11.9 Å². The number of nitrogens with zero attached hydrogens (tertiary/aromatic N) is 1. The number of unbranched alkanes of at least 4 members (excludes halogenated alkanes) is 1. The minimum Gasteiger partial charge on any atom is -0.479 e. The van der Waals surface area contributed by atoms with Gasteiger partial charge in [-0.3, -0.25) is 19.8 Å². The molecule has 0 saturated heterocycles. The maximum Gasteiger partial charge on any atom is 0.336 e. The van der Waals surface area contributed by atoms with Gasteiger partial charge in [0.1, 0.15) is 12.1 Å². The van der Waals surface area contributed by atoms with Gasteiger partial charge in [-0.1, -0.05) is 29.8 Å². The van der Waals surface area contributed by atoms with Crippen molar-refractivity contribution >= 4 is 35.6 Å². The molecule has 0 spiro atoms. The van der Waals surface area contributed by atoms with Crippen molar-refractivity contribution in [3.05, 3.63) is 47.0 Å². The Labute approximate surface area is 236 Å². The molecule has 2 rings (SSSR count). The van der Waals surface area contributed by atoms with E-state index in [1.165, 1.54) is 31.2 Å². The van der Waals surface area contributed by atoms with Gasteiger partial charge in [0, 0.05) is 31.6 Å². The van der Waals surface area contributed by atoms with E-state index in [0.29, 0.717) is 19.5 Å². The first-order chi connectivity index (χ1) is 19.3. The van der Waals surface area contributed by atoms with Crippen LogP contribution in [0.4, 0.5) is 0 Å². The van der Waals surface area contributed by atoms with Crippen molar-refractivity contribution in [3.8, 4) is 0 Å². The highest BCUT2D eigenvalue weighted by Crippen LogP contribution is 2.19. The number of carboxylic acid groups (broad SMARTS) is 2. The summed E-state index contributed by atoms with van der Waals surface area (Å²) in [6.45, 7) is 2.21. The predicted molar refractivity (Wildman–Crippen MR) is 147 cm³/mol. The smallest absolute Gasteiger partial charge is 0.336 e. The van der Waals surface area contributed by atoms with Crippen molar-refractivity contribution in [1.82, 2.24) is 20.9 Å². The van der Waals surface area contributed by atoms with Crippen LogP contribution in [-0.2, 0) is 19.2 Å². The molecule has 0 radical (unpaired) electrons. The second-order valence-corrected chi connectivity index (χ2v) is 9.64. The van der Waals surface area contributed by atoms with E-state index in [1.807, 2.05) is 0 Å². The maximum atomic E-state index is 12.9. The monoisotopic (exact) mass is 575 g/mol. The van der Waals surface area contributed by atoms with E-state index >= 15 is 0 Å². The predicted octanol–water partition coefficient (Wildman–Crippen LogP) is -1.37. The first-order valence-electron chi connectivity index (χ1n) is 12.9. The Kier molecular flexibility index (Phi) is 12.2. The number of amides is 3. The number of guanidine groups is 1. The minimum absolute atomic E-state index is 0.0553. The molecule has 1 aliphatic heterocycles. The van der Waals surface area contributed by atoms with Gasteiger partial charge in [0.15, 0.2) is 12.0 Å². The number of aliphatic hydroxyl groups excluding tert-OH is 1. The molecule has 0 fully saturated rings. The van der Waals surface area contributed by atoms with Crippen molar-refractivity contribution in [2.24, 2.45) is 11.5 Å². The van der Waals surface area contributed by atoms with Gasteiger partial charge in [0.2, 0.25) is 17.7 Å². The number of carbonyl (C=O) groups is 5. The molecule has 1 aromatic rings. The third-order valence-corrected chi connectivity index (χ3v) is 6.44. The van der Waals surface area contributed by atoms with Crippen molar-refractivity contribution < 1.29 is 39.3 Å². The Morgan fingerprint density at radius 1 is 1.07 bits per heavy atom. The van der Waals surface area contributed by atoms with Crippen LogP contribution in [0.25, 0.3) is 0 Å². The van der Waals surface area contributed by atoms with Gasteiger partial charge < -0.3 is 47.6 Å². The van der Waals surface area contributed by atoms with E-state index in [1.54, 1.807) is 11.0 Å². The van der Waals surface area contributed by atoms with Crippen LogP contribution in [0.2, 0.25) is 0 Å². The second-order valence-electron chi connectivity index (χ2n) is 9.64. The third kappa shape index (κ3) is 9.88. The van der Waals surface area contributed by atoms with Gasteiger partial charge in [0.05, 0.1) is 11.7 Å². The Bertz CT molecular complexity index is 1190. The first-order valence-corrected chi connectivity index (χ1v) is 12.9. The molecule has 15 nitrogen and oxygen atoms in total. The SMILES string of the molecule is CC(O)C(N)C(=O)NC(CC1=CCN(C(=N)N)C1)C(=O)NCCCCC(=O)NC(C(=O)O)c1ccccc1C(=O)O. The molecule has 4 unspecified atom stereocenters. The van der Waals surface area contributed by atoms with Crippen LogP contribution in [0, 0.1) is 5.41 Å². The summed E-state index contributed by atoms with van der Waals surface area (Å²) < 4.78 is 0. The number of carboxylic acids is 2. The average Bonchev–Trinajstić information content (AvgIpc) is 3.39. The summed E-state index contributed by atoms with van der Waals surface area (Å²) in [4.78, 5) is 62.5. The molecule has 0 aromatic heterocycles. The first kappa shape index (κ1) is 32.7. The zero-order valence-electron chi connectivity index (χ0n) is 22.6. The minimum atomic E-state index is -1.55. The number of hydrogen-bond acceptors (Lipinski definition) is 8. The fraction of sp³-hybridized carbons (Fsp3) is 0.462. The quantitative estimate of drug-likeness (QED) is 0.0510. The molecular formula is C26H37N7O8. The molecular weight excluding hydrogens is 538 g/mol. The van der Waals surface area contributed by atoms with E-state index in [-0.39, 0.29) is 42.9 Å². The number of aromatic carboxylic acids is 1. The number of nitrogens with two attached hydrogens (primary N) is 2. The van der Waals surface area contributed by atoms with Gasteiger partial charge in [-0.05, 0) is 32.3 Å². The lowest BCUT2D eigenvalue weighted by Crippen LogP contribution is -2.54. The van der Waals surface area contributed by atoms with Crippen LogP contribution in [-0.4, -0.2) is 93.7 Å². The molecule has 1 aliphatic rings. The highest BCUT2D eigenvalue weighted by atomic mass is 16.4. The normalized spacial score (nSPS) is 15.6. The Morgan fingerprint density at radius 3 is 2.34 bits per heavy atom. The van der Waals surface area contributed by atoms with Crippen LogP contribution in [0.3, 0.4) is 0 Å². The Morgan fingerprint density at radius 2 is 1.76 bits per heavy atom. The summed E-state index contributed by atoms with van der Waals surface area (Å²) in [5, 5.41) is 43.6. The van der Waals surface area contributed by atoms with Crippen LogP contribution in [0.5, 0.6) is 0 Å². The molecule has 15 heteroatoms. The van der Waals surface area contributed by atoms with Crippen LogP contribution in [0.1, 0.15) is 54.6 Å². The lowest BCUT2D eigenvalue weighted by Gasteiger charge is -2.23. The van der Waals surface area contributed by atoms with E-state index in [4.69, 9.17) is 16.9 Å². The molecule has 4 atom stereocenters. The standard InChI is InChI=1S/C26H37N7O8/c1-14(34)20(27)23(37)31-18(12-15-9-11-33(13-15)26(28)29)22(36)30-10-5-4-8-19(35)32-21(25(40)41)16-6-2-3-7-17(16)24(38)39/h2-3,6-7,9,14,18,20-21,34H,4-5,8,10-13,27H2,1H3,(H3,28,29)(H,30,36)(H,31,37)(H,32,35)(H,38,39)(H,40,41). The van der Waals surface area contributed by atoms with Gasteiger partial charge in [-0.25, -0.2) is 9.59 Å². The molecule has 0 aliphatic carbocycles. The number of nitrogens with one attached hydrogen (secondary N) is 4. The van der Waals surface area contributed by atoms with E-state index < -0.39 is 53.9 Å². The topological polar surface area (TPSA) is 261 Å². The molecule has 224 valence electrons. The Balaban J connectivity index is 1.90. The van der Waals surface area contributed by atoms with Crippen LogP contribution >= 0.6 is 0 Å². The van der Waals surface area contributed by atoms with Crippen LogP contribution in [0.15, 0.2) is 35.9 Å². The lowest BCUT2D eigenvalue weighted by molar-refractivity contribution is -0.142. The summed E-state index contributed by atoms with van der Waals surface area (Å²) >= 11 is 0. The van der Waals surface area contributed by atoms with Gasteiger partial charge in [-0.2, -0.15) is 0 Å². The van der Waals surface area contributed by atoms with Crippen molar-refractivity contribution in [2.75, 3.05) is 19.6 Å². The van der Waals surface area contributed by atoms with Crippen LogP contribution < -0.4 is 27.4 Å². The van der Waals surface area contributed by atoms with E-state index in [0.717, 1.165) is 5.57 Å². The summed E-state index contributed by atoms with van der Waals surface area (Å²) in [7, 11) is 0. The highest BCUT2D eigenvalue weighted by Gasteiger charge is 2.29. The summed E-state index contributed by atoms with van der Waals surface area (Å²) in [6, 6.07) is 1.69. The molecule has 3 amide bonds. The number of rotatable bonds is 15. The van der Waals surface area contributed by atoms with Gasteiger partial charge in [0.25, 0.3) is 0 Å². The largest absolute Gasteiger partial charge is 0.479 e. The second kappa shape index (κ2) is 15.3. The molecule has 1 heterocycles. The maximum absolute atomic E-state index is 12.9. The summed E-state index contributed by atoms with van der Waals surface area (Å²) in [5.74, 6) is -4.69. The lowest BCUT2D eigenvalue weighted by atomic mass is 10.00. The molecule has 11 N–H and O–H groups in total. The number of benzene rings is 1. The number of carbonyl (C=O) groups excluding carboxylic acids is 3. The van der Waals surface area contributed by atoms with Gasteiger partial charge in [-0.15, -0.1) is 0 Å². The van der Waals surface area contributed by atoms with E-state index in [9.17, 15) is 39.3 Å². The highest BCUT2D eigenvalue weighted by molar-refractivity contribution is 5.93. The average molecular weight is 576 g/mol.